The molecule has 0 aliphatic carbocycles. The van der Waals surface area contributed by atoms with Crippen LogP contribution in [-0.4, -0.2) is 52.7 Å². The Hall–Kier alpha value is -3.65. The summed E-state index contributed by atoms with van der Waals surface area (Å²) < 4.78 is 15.6. The number of aliphatic hydroxyl groups excluding tert-OH is 1. The summed E-state index contributed by atoms with van der Waals surface area (Å²) in [5.74, 6) is -1.32. The number of aliphatic hydroxyl groups is 1. The standard InChI is InChI=1S/C23H23ClFN7O2/c1-30(2)17-8-14(7-15(24)9-17)21-20(22(27)33)19-12-31(5-6-32(19)29-21)23(34)28-16-4-3-13(11-26)18(25)10-16/h3-4,7-10,23,28,34H,5-6,12H2,1-2H3,(H2,27,33). The van der Waals surface area contributed by atoms with E-state index in [0.717, 1.165) is 11.8 Å². The molecule has 34 heavy (non-hydrogen) atoms. The highest BCUT2D eigenvalue weighted by molar-refractivity contribution is 6.31. The number of carbonyl (C=O) groups excluding carboxylic acids is 1. The highest BCUT2D eigenvalue weighted by atomic mass is 35.5. The average molecular weight is 484 g/mol. The molecule has 0 bridgehead atoms. The van der Waals surface area contributed by atoms with E-state index >= 15 is 0 Å². The van der Waals surface area contributed by atoms with E-state index in [0.29, 0.717) is 40.8 Å². The third-order valence-electron chi connectivity index (χ3n) is 5.66. The molecular formula is C23H23ClFN7O2. The summed E-state index contributed by atoms with van der Waals surface area (Å²) in [4.78, 5) is 16.0. The van der Waals surface area contributed by atoms with Gasteiger partial charge in [0.2, 0.25) is 0 Å². The minimum Gasteiger partial charge on any atom is -0.378 e. The molecule has 2 aromatic carbocycles. The van der Waals surface area contributed by atoms with Crippen molar-refractivity contribution in [3.05, 3.63) is 64.1 Å². The average Bonchev–Trinajstić information content (AvgIpc) is 3.18. The number of amides is 1. The first-order chi connectivity index (χ1) is 16.2. The van der Waals surface area contributed by atoms with Crippen LogP contribution in [0.2, 0.25) is 5.02 Å². The maximum Gasteiger partial charge on any atom is 0.252 e. The molecular weight excluding hydrogens is 461 g/mol. The maximum atomic E-state index is 13.9. The minimum atomic E-state index is -1.17. The zero-order chi connectivity index (χ0) is 24.6. The number of primary amides is 1. The van der Waals surface area contributed by atoms with Crippen LogP contribution in [0, 0.1) is 17.1 Å². The molecule has 1 unspecified atom stereocenters. The van der Waals surface area contributed by atoms with Crippen LogP contribution in [0.1, 0.15) is 21.6 Å². The normalized spacial score (nSPS) is 14.2. The van der Waals surface area contributed by atoms with Gasteiger partial charge in [-0.15, -0.1) is 0 Å². The number of aromatic nitrogens is 2. The van der Waals surface area contributed by atoms with Crippen LogP contribution in [0.25, 0.3) is 11.3 Å². The topological polar surface area (TPSA) is 123 Å². The van der Waals surface area contributed by atoms with Gasteiger partial charge in [0.15, 0.2) is 6.35 Å². The number of nitrogens with one attached hydrogen (secondary N) is 1. The molecule has 1 atom stereocenters. The Morgan fingerprint density at radius 2 is 2.09 bits per heavy atom. The largest absolute Gasteiger partial charge is 0.378 e. The number of anilines is 2. The van der Waals surface area contributed by atoms with E-state index in [1.165, 1.54) is 12.1 Å². The van der Waals surface area contributed by atoms with Crippen LogP contribution < -0.4 is 16.0 Å². The zero-order valence-electron chi connectivity index (χ0n) is 18.6. The SMILES string of the molecule is CN(C)c1cc(Cl)cc(-c2nn3c(c2C(N)=O)CN(C(O)Nc2ccc(C#N)c(F)c2)CC3)c1. The smallest absolute Gasteiger partial charge is 0.252 e. The van der Waals surface area contributed by atoms with Gasteiger partial charge < -0.3 is 21.1 Å². The number of halogens is 2. The molecule has 0 spiro atoms. The summed E-state index contributed by atoms with van der Waals surface area (Å²) in [6.07, 6.45) is -1.17. The van der Waals surface area contributed by atoms with Gasteiger partial charge in [-0.2, -0.15) is 10.4 Å². The van der Waals surface area contributed by atoms with Crippen LogP contribution in [0.5, 0.6) is 0 Å². The van der Waals surface area contributed by atoms with E-state index in [2.05, 4.69) is 10.4 Å². The molecule has 2 heterocycles. The first-order valence-electron chi connectivity index (χ1n) is 10.4. The Labute approximate surface area is 200 Å². The molecule has 1 aliphatic rings. The second kappa shape index (κ2) is 9.30. The fourth-order valence-corrected chi connectivity index (χ4v) is 4.14. The summed E-state index contributed by atoms with van der Waals surface area (Å²) in [6.45, 7) is 0.994. The number of fused-ring (bicyclic) bond motifs is 1. The van der Waals surface area contributed by atoms with E-state index in [-0.39, 0.29) is 17.7 Å². The van der Waals surface area contributed by atoms with Crippen molar-refractivity contribution in [3.63, 3.8) is 0 Å². The van der Waals surface area contributed by atoms with Gasteiger partial charge in [0.05, 0.1) is 23.4 Å². The minimum absolute atomic E-state index is 0.0843. The molecule has 11 heteroatoms. The molecule has 4 rings (SSSR count). The lowest BCUT2D eigenvalue weighted by atomic mass is 10.0. The highest BCUT2D eigenvalue weighted by Gasteiger charge is 2.30. The quantitative estimate of drug-likeness (QED) is 0.460. The van der Waals surface area contributed by atoms with Gasteiger partial charge in [-0.3, -0.25) is 14.4 Å². The predicted molar refractivity (Wildman–Crippen MR) is 127 cm³/mol. The number of nitriles is 1. The number of nitrogens with zero attached hydrogens (tertiary/aromatic N) is 5. The van der Waals surface area contributed by atoms with Crippen molar-refractivity contribution in [3.8, 4) is 17.3 Å². The fourth-order valence-electron chi connectivity index (χ4n) is 3.91. The van der Waals surface area contributed by atoms with Gasteiger partial charge in [0.25, 0.3) is 5.91 Å². The molecule has 9 nitrogen and oxygen atoms in total. The highest BCUT2D eigenvalue weighted by Crippen LogP contribution is 2.33. The number of nitrogens with two attached hydrogens (primary N) is 1. The molecule has 3 aromatic rings. The van der Waals surface area contributed by atoms with Crippen LogP contribution in [0.3, 0.4) is 0 Å². The summed E-state index contributed by atoms with van der Waals surface area (Å²) in [5, 5.41) is 27.5. The number of hydrogen-bond donors (Lipinski definition) is 3. The summed E-state index contributed by atoms with van der Waals surface area (Å²) in [6, 6.07) is 11.1. The van der Waals surface area contributed by atoms with Crippen LogP contribution in [0.15, 0.2) is 36.4 Å². The molecule has 4 N–H and O–H groups in total. The van der Waals surface area contributed by atoms with E-state index in [9.17, 15) is 14.3 Å². The number of carbonyl (C=O) groups is 1. The van der Waals surface area contributed by atoms with Gasteiger partial charge in [-0.25, -0.2) is 4.39 Å². The molecule has 1 amide bonds. The van der Waals surface area contributed by atoms with E-state index in [1.54, 1.807) is 27.8 Å². The Balaban J connectivity index is 1.63. The molecule has 0 saturated heterocycles. The lowest BCUT2D eigenvalue weighted by Crippen LogP contribution is -2.45. The summed E-state index contributed by atoms with van der Waals surface area (Å²) in [7, 11) is 3.77. The third kappa shape index (κ3) is 4.54. The Bertz CT molecular complexity index is 1300. The van der Waals surface area contributed by atoms with Crippen molar-refractivity contribution < 1.29 is 14.3 Å². The van der Waals surface area contributed by atoms with E-state index in [1.807, 2.05) is 25.1 Å². The van der Waals surface area contributed by atoms with Crippen molar-refractivity contribution in [2.75, 3.05) is 30.9 Å². The van der Waals surface area contributed by atoms with Gasteiger partial charge in [-0.1, -0.05) is 11.6 Å². The Morgan fingerprint density at radius 3 is 2.74 bits per heavy atom. The summed E-state index contributed by atoms with van der Waals surface area (Å²) >= 11 is 6.30. The maximum absolute atomic E-state index is 13.9. The van der Waals surface area contributed by atoms with Gasteiger partial charge in [0, 0.05) is 49.1 Å². The van der Waals surface area contributed by atoms with Crippen molar-refractivity contribution in [1.82, 2.24) is 14.7 Å². The van der Waals surface area contributed by atoms with Crippen LogP contribution in [0.4, 0.5) is 15.8 Å². The molecule has 0 fully saturated rings. The van der Waals surface area contributed by atoms with Crippen molar-refractivity contribution in [1.29, 1.82) is 5.26 Å². The van der Waals surface area contributed by atoms with E-state index in [4.69, 9.17) is 22.6 Å². The lowest BCUT2D eigenvalue weighted by molar-refractivity contribution is 0.00609. The molecule has 1 aliphatic heterocycles. The van der Waals surface area contributed by atoms with Crippen molar-refractivity contribution in [2.45, 2.75) is 19.4 Å². The monoisotopic (exact) mass is 483 g/mol. The fraction of sp³-hybridized carbons (Fsp3) is 0.261. The van der Waals surface area contributed by atoms with Crippen molar-refractivity contribution >= 4 is 28.9 Å². The number of rotatable bonds is 6. The van der Waals surface area contributed by atoms with E-state index < -0.39 is 18.1 Å². The van der Waals surface area contributed by atoms with Crippen LogP contribution >= 0.6 is 11.6 Å². The van der Waals surface area contributed by atoms with Crippen molar-refractivity contribution in [2.24, 2.45) is 5.73 Å². The number of hydrogen-bond acceptors (Lipinski definition) is 7. The summed E-state index contributed by atoms with van der Waals surface area (Å²) in [5.41, 5.74) is 8.72. The zero-order valence-corrected chi connectivity index (χ0v) is 19.3. The molecule has 1 aromatic heterocycles. The van der Waals surface area contributed by atoms with Gasteiger partial charge in [-0.05, 0) is 36.4 Å². The molecule has 176 valence electrons. The third-order valence-corrected chi connectivity index (χ3v) is 5.88. The number of benzene rings is 2. The molecule has 0 radical (unpaired) electrons. The predicted octanol–water partition coefficient (Wildman–Crippen LogP) is 2.58. The Kier molecular flexibility index (Phi) is 6.43. The van der Waals surface area contributed by atoms with Gasteiger partial charge >= 0.3 is 0 Å². The second-order valence-corrected chi connectivity index (χ2v) is 8.58. The lowest BCUT2D eigenvalue weighted by Gasteiger charge is -2.32. The first kappa shape index (κ1) is 23.5. The van der Waals surface area contributed by atoms with Crippen LogP contribution in [-0.2, 0) is 13.1 Å². The first-order valence-corrected chi connectivity index (χ1v) is 10.8. The Morgan fingerprint density at radius 1 is 1.32 bits per heavy atom. The molecule has 0 saturated carbocycles. The van der Waals surface area contributed by atoms with Gasteiger partial charge in [0.1, 0.15) is 17.6 Å². The second-order valence-electron chi connectivity index (χ2n) is 8.15.